The van der Waals surface area contributed by atoms with Crippen molar-refractivity contribution in [1.29, 1.82) is 0 Å². The molecule has 1 rings (SSSR count). The van der Waals surface area contributed by atoms with E-state index in [-0.39, 0.29) is 6.42 Å². The second-order valence-corrected chi connectivity index (χ2v) is 4.45. The summed E-state index contributed by atoms with van der Waals surface area (Å²) >= 11 is 0. The maximum Gasteiger partial charge on any atom is 0.326 e. The van der Waals surface area contributed by atoms with Gasteiger partial charge < -0.3 is 20.8 Å². The molecule has 0 spiro atoms. The van der Waals surface area contributed by atoms with Gasteiger partial charge in [0, 0.05) is 6.42 Å². The number of nitrogens with one attached hydrogen (secondary N) is 2. The van der Waals surface area contributed by atoms with Crippen LogP contribution >= 0.6 is 0 Å². The van der Waals surface area contributed by atoms with Gasteiger partial charge in [0.2, 0.25) is 5.91 Å². The molecule has 2 unspecified atom stereocenters. The summed E-state index contributed by atoms with van der Waals surface area (Å²) in [6.45, 7) is 1.83. The summed E-state index contributed by atoms with van der Waals surface area (Å²) in [7, 11) is 0. The van der Waals surface area contributed by atoms with Gasteiger partial charge >= 0.3 is 11.9 Å². The second kappa shape index (κ2) is 6.95. The highest BCUT2D eigenvalue weighted by Gasteiger charge is 2.23. The van der Waals surface area contributed by atoms with E-state index in [0.29, 0.717) is 12.3 Å². The van der Waals surface area contributed by atoms with Crippen molar-refractivity contribution in [3.8, 4) is 0 Å². The van der Waals surface area contributed by atoms with Crippen LogP contribution in [0.3, 0.4) is 0 Å². The molecule has 1 fully saturated rings. The molecule has 1 heterocycles. The van der Waals surface area contributed by atoms with Crippen LogP contribution in [0.1, 0.15) is 25.7 Å². The molecular weight excluding hydrogens is 240 g/mol. The van der Waals surface area contributed by atoms with E-state index in [9.17, 15) is 14.4 Å². The molecule has 1 aliphatic rings. The number of amides is 1. The Hall–Kier alpha value is -1.63. The fraction of sp³-hybridized carbons (Fsp3) is 0.727. The van der Waals surface area contributed by atoms with Gasteiger partial charge in [-0.25, -0.2) is 4.79 Å². The van der Waals surface area contributed by atoms with Crippen molar-refractivity contribution in [3.63, 3.8) is 0 Å². The number of aliphatic carboxylic acids is 2. The van der Waals surface area contributed by atoms with Crippen molar-refractivity contribution in [3.05, 3.63) is 0 Å². The molecule has 4 N–H and O–H groups in total. The number of carboxylic acid groups (broad SMARTS) is 2. The zero-order chi connectivity index (χ0) is 13.5. The third-order valence-electron chi connectivity index (χ3n) is 2.95. The van der Waals surface area contributed by atoms with Crippen LogP contribution in [0.2, 0.25) is 0 Å². The molecule has 0 radical (unpaired) electrons. The summed E-state index contributed by atoms with van der Waals surface area (Å²) < 4.78 is 0. The zero-order valence-corrected chi connectivity index (χ0v) is 10.0. The lowest BCUT2D eigenvalue weighted by atomic mass is 10.0. The van der Waals surface area contributed by atoms with Gasteiger partial charge in [0.1, 0.15) is 6.04 Å². The Labute approximate surface area is 105 Å². The third kappa shape index (κ3) is 5.13. The Morgan fingerprint density at radius 1 is 1.33 bits per heavy atom. The molecular formula is C11H18N2O5. The first kappa shape index (κ1) is 14.4. The molecule has 1 amide bonds. The van der Waals surface area contributed by atoms with Gasteiger partial charge in [0.15, 0.2) is 0 Å². The average molecular weight is 258 g/mol. The Morgan fingerprint density at radius 2 is 2.06 bits per heavy atom. The molecule has 102 valence electrons. The van der Waals surface area contributed by atoms with Gasteiger partial charge in [0.05, 0.1) is 6.42 Å². The molecule has 0 saturated carbocycles. The third-order valence-corrected chi connectivity index (χ3v) is 2.95. The van der Waals surface area contributed by atoms with Crippen molar-refractivity contribution < 1.29 is 24.6 Å². The predicted molar refractivity (Wildman–Crippen MR) is 62.0 cm³/mol. The molecule has 7 nitrogen and oxygen atoms in total. The van der Waals surface area contributed by atoms with E-state index in [1.807, 2.05) is 0 Å². The van der Waals surface area contributed by atoms with Crippen molar-refractivity contribution in [2.45, 2.75) is 31.7 Å². The van der Waals surface area contributed by atoms with Crippen LogP contribution in [0.4, 0.5) is 0 Å². The first-order valence-corrected chi connectivity index (χ1v) is 5.93. The number of hydrogen-bond donors (Lipinski definition) is 4. The van der Waals surface area contributed by atoms with Crippen LogP contribution < -0.4 is 10.6 Å². The molecule has 1 aliphatic heterocycles. The van der Waals surface area contributed by atoms with Crippen molar-refractivity contribution in [2.75, 3.05) is 13.1 Å². The Morgan fingerprint density at radius 3 is 2.56 bits per heavy atom. The molecule has 0 aromatic carbocycles. The molecule has 2 atom stereocenters. The monoisotopic (exact) mass is 258 g/mol. The Balaban J connectivity index is 2.31. The summed E-state index contributed by atoms with van der Waals surface area (Å²) in [5.41, 5.74) is 0. The summed E-state index contributed by atoms with van der Waals surface area (Å²) in [6.07, 6.45) is 1.34. The van der Waals surface area contributed by atoms with Crippen LogP contribution in [-0.2, 0) is 14.4 Å². The van der Waals surface area contributed by atoms with Crippen LogP contribution in [0.15, 0.2) is 0 Å². The van der Waals surface area contributed by atoms with E-state index < -0.39 is 30.3 Å². The minimum Gasteiger partial charge on any atom is -0.481 e. The summed E-state index contributed by atoms with van der Waals surface area (Å²) in [5.74, 6) is -2.54. The fourth-order valence-corrected chi connectivity index (χ4v) is 1.94. The molecule has 1 saturated heterocycles. The van der Waals surface area contributed by atoms with Gasteiger partial charge in [0.25, 0.3) is 0 Å². The number of carbonyl (C=O) groups is 3. The standard InChI is InChI=1S/C11H18N2O5/c14-9(2-1-7-3-4-12-6-7)13-8(11(17)18)5-10(15)16/h7-8,12H,1-6H2,(H,13,14)(H,15,16)(H,17,18). The first-order valence-electron chi connectivity index (χ1n) is 5.93. The number of carboxylic acids is 2. The number of hydrogen-bond acceptors (Lipinski definition) is 4. The van der Waals surface area contributed by atoms with E-state index >= 15 is 0 Å². The quantitative estimate of drug-likeness (QED) is 0.485. The van der Waals surface area contributed by atoms with E-state index in [2.05, 4.69) is 10.6 Å². The van der Waals surface area contributed by atoms with Gasteiger partial charge in [-0.2, -0.15) is 0 Å². The Kier molecular flexibility index (Phi) is 5.57. The van der Waals surface area contributed by atoms with Crippen molar-refractivity contribution in [2.24, 2.45) is 5.92 Å². The predicted octanol–water partition coefficient (Wildman–Crippen LogP) is -0.580. The molecule has 7 heteroatoms. The largest absolute Gasteiger partial charge is 0.481 e. The highest BCUT2D eigenvalue weighted by molar-refractivity contribution is 5.86. The Bertz CT molecular complexity index is 325. The van der Waals surface area contributed by atoms with Gasteiger partial charge in [-0.15, -0.1) is 0 Å². The van der Waals surface area contributed by atoms with E-state index in [1.54, 1.807) is 0 Å². The molecule has 18 heavy (non-hydrogen) atoms. The average Bonchev–Trinajstić information content (AvgIpc) is 2.77. The maximum atomic E-state index is 11.5. The van der Waals surface area contributed by atoms with E-state index in [4.69, 9.17) is 10.2 Å². The van der Waals surface area contributed by atoms with E-state index in [1.165, 1.54) is 0 Å². The summed E-state index contributed by atoms with van der Waals surface area (Å²) in [4.78, 5) is 32.7. The number of carbonyl (C=O) groups excluding carboxylic acids is 1. The smallest absolute Gasteiger partial charge is 0.326 e. The highest BCUT2D eigenvalue weighted by atomic mass is 16.4. The lowest BCUT2D eigenvalue weighted by Gasteiger charge is -2.13. The minimum absolute atomic E-state index is 0.232. The lowest BCUT2D eigenvalue weighted by molar-refractivity contribution is -0.147. The van der Waals surface area contributed by atoms with Crippen LogP contribution in [-0.4, -0.2) is 47.2 Å². The summed E-state index contributed by atoms with van der Waals surface area (Å²) in [5, 5.41) is 22.7. The van der Waals surface area contributed by atoms with Gasteiger partial charge in [-0.1, -0.05) is 0 Å². The summed E-state index contributed by atoms with van der Waals surface area (Å²) in [6, 6.07) is -1.35. The second-order valence-electron chi connectivity index (χ2n) is 4.45. The minimum atomic E-state index is -1.35. The molecule has 0 bridgehead atoms. The highest BCUT2D eigenvalue weighted by Crippen LogP contribution is 2.14. The van der Waals surface area contributed by atoms with E-state index in [0.717, 1.165) is 19.5 Å². The van der Waals surface area contributed by atoms with Gasteiger partial charge in [-0.05, 0) is 31.8 Å². The lowest BCUT2D eigenvalue weighted by Crippen LogP contribution is -2.42. The molecule has 0 aromatic heterocycles. The van der Waals surface area contributed by atoms with Gasteiger partial charge in [-0.3, -0.25) is 9.59 Å². The van der Waals surface area contributed by atoms with Crippen molar-refractivity contribution in [1.82, 2.24) is 10.6 Å². The SMILES string of the molecule is O=C(O)CC(NC(=O)CCC1CCNC1)C(=O)O. The maximum absolute atomic E-state index is 11.5. The first-order chi connectivity index (χ1) is 8.49. The fourth-order valence-electron chi connectivity index (χ4n) is 1.94. The van der Waals surface area contributed by atoms with Crippen LogP contribution in [0, 0.1) is 5.92 Å². The normalized spacial score (nSPS) is 20.3. The zero-order valence-electron chi connectivity index (χ0n) is 10.0. The van der Waals surface area contributed by atoms with Crippen LogP contribution in [0.5, 0.6) is 0 Å². The molecule has 0 aliphatic carbocycles. The van der Waals surface area contributed by atoms with Crippen LogP contribution in [0.25, 0.3) is 0 Å². The topological polar surface area (TPSA) is 116 Å². The molecule has 0 aromatic rings. The number of rotatable bonds is 7. The van der Waals surface area contributed by atoms with Crippen molar-refractivity contribution >= 4 is 17.8 Å².